The molecule has 0 saturated heterocycles. The zero-order chi connectivity index (χ0) is 23.2. The van der Waals surface area contributed by atoms with E-state index in [1.54, 1.807) is 11.0 Å². The minimum absolute atomic E-state index is 0.193. The van der Waals surface area contributed by atoms with Crippen molar-refractivity contribution in [3.63, 3.8) is 0 Å². The molecular weight excluding hydrogens is 419 g/mol. The molecule has 0 saturated carbocycles. The molecule has 166 valence electrons. The lowest BCUT2D eigenvalue weighted by Crippen LogP contribution is -2.30. The summed E-state index contributed by atoms with van der Waals surface area (Å²) < 4.78 is 41.7. The van der Waals surface area contributed by atoms with Crippen molar-refractivity contribution in [1.29, 1.82) is 0 Å². The number of halogens is 3. The van der Waals surface area contributed by atoms with E-state index in [9.17, 15) is 32.9 Å². The first kappa shape index (κ1) is 23.6. The maximum absolute atomic E-state index is 12.6. The molecule has 2 amide bonds. The highest BCUT2D eigenvalue weighted by Gasteiger charge is 2.29. The first-order chi connectivity index (χ1) is 14.6. The molecular formula is C20H20F3N3O5. The minimum Gasteiger partial charge on any atom is -0.484 e. The number of nitrogens with zero attached hydrogens (tertiary/aromatic N) is 2. The second-order valence-corrected chi connectivity index (χ2v) is 6.35. The molecule has 0 atom stereocenters. The molecule has 2 rings (SSSR count). The molecule has 0 bridgehead atoms. The van der Waals surface area contributed by atoms with Crippen LogP contribution in [0, 0.1) is 10.1 Å². The maximum Gasteiger partial charge on any atom is 0.422 e. The van der Waals surface area contributed by atoms with Gasteiger partial charge in [-0.15, -0.1) is 0 Å². The first-order valence-electron chi connectivity index (χ1n) is 9.24. The summed E-state index contributed by atoms with van der Waals surface area (Å²) in [7, 11) is 0. The van der Waals surface area contributed by atoms with Crippen LogP contribution in [0.4, 0.5) is 24.5 Å². The van der Waals surface area contributed by atoms with Crippen LogP contribution < -0.4 is 10.1 Å². The third kappa shape index (κ3) is 6.43. The summed E-state index contributed by atoms with van der Waals surface area (Å²) in [5.74, 6) is -1.54. The largest absolute Gasteiger partial charge is 0.484 e. The summed E-state index contributed by atoms with van der Waals surface area (Å²) >= 11 is 0. The number of ether oxygens (including phenoxy) is 1. The lowest BCUT2D eigenvalue weighted by Gasteiger charge is -2.19. The van der Waals surface area contributed by atoms with Crippen LogP contribution in [0.3, 0.4) is 0 Å². The van der Waals surface area contributed by atoms with Crippen molar-refractivity contribution in [2.24, 2.45) is 0 Å². The second kappa shape index (κ2) is 9.92. The van der Waals surface area contributed by atoms with Crippen molar-refractivity contribution in [3.8, 4) is 5.75 Å². The summed E-state index contributed by atoms with van der Waals surface area (Å²) in [6, 6.07) is 8.71. The van der Waals surface area contributed by atoms with Crippen molar-refractivity contribution in [2.75, 3.05) is 25.0 Å². The van der Waals surface area contributed by atoms with Gasteiger partial charge in [-0.25, -0.2) is 0 Å². The van der Waals surface area contributed by atoms with Crippen molar-refractivity contribution >= 4 is 23.2 Å². The number of hydrogen-bond acceptors (Lipinski definition) is 5. The average Bonchev–Trinajstić information content (AvgIpc) is 2.72. The number of nitro benzene ring substituents is 1. The van der Waals surface area contributed by atoms with Crippen LogP contribution in [0.1, 0.15) is 34.6 Å². The van der Waals surface area contributed by atoms with Crippen LogP contribution in [0.5, 0.6) is 5.75 Å². The number of nitrogens with one attached hydrogen (secondary N) is 1. The third-order valence-electron chi connectivity index (χ3n) is 4.23. The fraction of sp³-hybridized carbons (Fsp3) is 0.300. The highest BCUT2D eigenvalue weighted by molar-refractivity contribution is 6.08. The zero-order valence-corrected chi connectivity index (χ0v) is 16.7. The van der Waals surface area contributed by atoms with Crippen LogP contribution in [-0.4, -0.2) is 47.5 Å². The number of rotatable bonds is 8. The van der Waals surface area contributed by atoms with Gasteiger partial charge >= 0.3 is 6.18 Å². The molecule has 31 heavy (non-hydrogen) atoms. The smallest absolute Gasteiger partial charge is 0.422 e. The Hall–Kier alpha value is -3.63. The van der Waals surface area contributed by atoms with Crippen LogP contribution in [0.25, 0.3) is 0 Å². The van der Waals surface area contributed by atoms with E-state index < -0.39 is 34.9 Å². The molecule has 0 heterocycles. The monoisotopic (exact) mass is 439 g/mol. The molecule has 0 aromatic heterocycles. The fourth-order valence-electron chi connectivity index (χ4n) is 2.73. The van der Waals surface area contributed by atoms with Gasteiger partial charge in [0.15, 0.2) is 6.61 Å². The molecule has 2 aromatic carbocycles. The van der Waals surface area contributed by atoms with E-state index in [-0.39, 0.29) is 17.3 Å². The Morgan fingerprint density at radius 3 is 2.39 bits per heavy atom. The molecule has 0 aliphatic heterocycles. The van der Waals surface area contributed by atoms with E-state index in [4.69, 9.17) is 0 Å². The number of carbonyl (C=O) groups is 2. The lowest BCUT2D eigenvalue weighted by molar-refractivity contribution is -0.385. The average molecular weight is 439 g/mol. The van der Waals surface area contributed by atoms with Gasteiger partial charge in [0.25, 0.3) is 17.5 Å². The lowest BCUT2D eigenvalue weighted by atomic mass is 10.1. The van der Waals surface area contributed by atoms with E-state index in [1.807, 2.05) is 13.8 Å². The quantitative estimate of drug-likeness (QED) is 0.489. The van der Waals surface area contributed by atoms with Gasteiger partial charge in [0.1, 0.15) is 11.3 Å². The fourth-order valence-corrected chi connectivity index (χ4v) is 2.73. The van der Waals surface area contributed by atoms with Gasteiger partial charge in [-0.1, -0.05) is 6.07 Å². The van der Waals surface area contributed by atoms with Gasteiger partial charge in [0, 0.05) is 30.4 Å². The zero-order valence-electron chi connectivity index (χ0n) is 16.7. The highest BCUT2D eigenvalue weighted by Crippen LogP contribution is 2.27. The molecule has 0 aliphatic rings. The Morgan fingerprint density at radius 2 is 1.81 bits per heavy atom. The van der Waals surface area contributed by atoms with Crippen molar-refractivity contribution < 1.29 is 32.4 Å². The normalized spacial score (nSPS) is 11.0. The standard InChI is InChI=1S/C20H20F3N3O5/c1-3-25(4-2)19(28)13-6-5-7-14(10-13)24-18(27)16-11-15(31-12-20(21,22)23)8-9-17(16)26(29)30/h5-11H,3-4,12H2,1-2H3,(H,24,27). The number of carbonyl (C=O) groups excluding carboxylic acids is 2. The van der Waals surface area contributed by atoms with Crippen LogP contribution >= 0.6 is 0 Å². The molecule has 0 spiro atoms. The van der Waals surface area contributed by atoms with E-state index >= 15 is 0 Å². The van der Waals surface area contributed by atoms with Gasteiger partial charge in [0.05, 0.1) is 4.92 Å². The van der Waals surface area contributed by atoms with Gasteiger partial charge < -0.3 is 15.0 Å². The summed E-state index contributed by atoms with van der Waals surface area (Å²) in [6.45, 7) is 3.01. The number of hydrogen-bond donors (Lipinski definition) is 1. The number of nitro groups is 1. The van der Waals surface area contributed by atoms with E-state index in [0.29, 0.717) is 18.7 Å². The van der Waals surface area contributed by atoms with Crippen molar-refractivity contribution in [3.05, 3.63) is 63.7 Å². The number of amides is 2. The molecule has 0 aliphatic carbocycles. The topological polar surface area (TPSA) is 102 Å². The Bertz CT molecular complexity index is 975. The van der Waals surface area contributed by atoms with Crippen molar-refractivity contribution in [1.82, 2.24) is 4.90 Å². The van der Waals surface area contributed by atoms with Crippen LogP contribution in [0.2, 0.25) is 0 Å². The molecule has 0 radical (unpaired) electrons. The van der Waals surface area contributed by atoms with Gasteiger partial charge in [-0.05, 0) is 44.2 Å². The summed E-state index contributed by atoms with van der Waals surface area (Å²) in [6.07, 6.45) is -4.61. The Kier molecular flexibility index (Phi) is 7.56. The van der Waals surface area contributed by atoms with E-state index in [2.05, 4.69) is 10.1 Å². The highest BCUT2D eigenvalue weighted by atomic mass is 19.4. The van der Waals surface area contributed by atoms with Crippen LogP contribution in [-0.2, 0) is 0 Å². The van der Waals surface area contributed by atoms with Crippen molar-refractivity contribution in [2.45, 2.75) is 20.0 Å². The Morgan fingerprint density at radius 1 is 1.13 bits per heavy atom. The minimum atomic E-state index is -4.61. The van der Waals surface area contributed by atoms with Crippen LogP contribution in [0.15, 0.2) is 42.5 Å². The molecule has 0 unspecified atom stereocenters. The number of alkyl halides is 3. The van der Waals surface area contributed by atoms with E-state index in [1.165, 1.54) is 18.2 Å². The summed E-state index contributed by atoms with van der Waals surface area (Å²) in [4.78, 5) is 37.1. The number of anilines is 1. The molecule has 1 N–H and O–H groups in total. The predicted octanol–water partition coefficient (Wildman–Crippen LogP) is 4.27. The SMILES string of the molecule is CCN(CC)C(=O)c1cccc(NC(=O)c2cc(OCC(F)(F)F)ccc2[N+](=O)[O-])c1. The summed E-state index contributed by atoms with van der Waals surface area (Å²) in [5.41, 5.74) is -0.588. The predicted molar refractivity (Wildman–Crippen MR) is 106 cm³/mol. The Labute approximate surface area is 175 Å². The first-order valence-corrected chi connectivity index (χ1v) is 9.24. The molecule has 11 heteroatoms. The molecule has 0 fully saturated rings. The maximum atomic E-state index is 12.6. The second-order valence-electron chi connectivity index (χ2n) is 6.35. The van der Waals surface area contributed by atoms with E-state index in [0.717, 1.165) is 18.2 Å². The van der Waals surface area contributed by atoms with Gasteiger partial charge in [-0.2, -0.15) is 13.2 Å². The molecule has 8 nitrogen and oxygen atoms in total. The summed E-state index contributed by atoms with van der Waals surface area (Å²) in [5, 5.41) is 13.7. The van der Waals surface area contributed by atoms with Gasteiger partial charge in [0.2, 0.25) is 0 Å². The van der Waals surface area contributed by atoms with Gasteiger partial charge in [-0.3, -0.25) is 19.7 Å². The molecule has 2 aromatic rings. The third-order valence-corrected chi connectivity index (χ3v) is 4.23. The Balaban J connectivity index is 2.29. The number of benzene rings is 2.